The van der Waals surface area contributed by atoms with Gasteiger partial charge in [-0.05, 0) is 44.2 Å². The number of hydrogen-bond acceptors (Lipinski definition) is 4. The van der Waals surface area contributed by atoms with Crippen molar-refractivity contribution in [3.63, 3.8) is 0 Å². The second kappa shape index (κ2) is 8.61. The van der Waals surface area contributed by atoms with Crippen LogP contribution in [0.15, 0.2) is 53.4 Å². The van der Waals surface area contributed by atoms with Crippen LogP contribution in [0.25, 0.3) is 0 Å². The standard InChI is InChI=1S/C21H25FN2O4S/c1-15-12-24(13-16(2)28-15)29(26,27)19-10-8-17(9-11-19)21(25)23(3)14-18-6-4-5-7-20(18)22/h4-11,15-16H,12-14H2,1-3H3/t15-,16+. The number of carbonyl (C=O) groups excluding carboxylic acids is 1. The predicted octanol–water partition coefficient (Wildman–Crippen LogP) is 2.90. The van der Waals surface area contributed by atoms with Crippen LogP contribution in [0.4, 0.5) is 4.39 Å². The minimum atomic E-state index is -3.67. The summed E-state index contributed by atoms with van der Waals surface area (Å²) in [6.45, 7) is 4.38. The van der Waals surface area contributed by atoms with Crippen LogP contribution in [0, 0.1) is 5.82 Å². The summed E-state index contributed by atoms with van der Waals surface area (Å²) in [5.41, 5.74) is 0.754. The van der Waals surface area contributed by atoms with Crippen LogP contribution >= 0.6 is 0 Å². The monoisotopic (exact) mass is 420 g/mol. The summed E-state index contributed by atoms with van der Waals surface area (Å²) >= 11 is 0. The molecule has 0 spiro atoms. The second-order valence-electron chi connectivity index (χ2n) is 7.36. The molecule has 1 aliphatic heterocycles. The lowest BCUT2D eigenvalue weighted by Crippen LogP contribution is -2.48. The first kappa shape index (κ1) is 21.4. The molecule has 29 heavy (non-hydrogen) atoms. The van der Waals surface area contributed by atoms with Gasteiger partial charge in [-0.1, -0.05) is 18.2 Å². The molecule has 2 aromatic carbocycles. The second-order valence-corrected chi connectivity index (χ2v) is 9.29. The van der Waals surface area contributed by atoms with Crippen LogP contribution in [0.5, 0.6) is 0 Å². The third kappa shape index (κ3) is 4.83. The van der Waals surface area contributed by atoms with E-state index in [1.54, 1.807) is 25.2 Å². The van der Waals surface area contributed by atoms with Crippen LogP contribution in [0.2, 0.25) is 0 Å². The maximum absolute atomic E-state index is 13.8. The summed E-state index contributed by atoms with van der Waals surface area (Å²) in [6, 6.07) is 12.1. The summed E-state index contributed by atoms with van der Waals surface area (Å²) in [7, 11) is -2.09. The average Bonchev–Trinajstić information content (AvgIpc) is 2.68. The molecule has 1 amide bonds. The Morgan fingerprint density at radius 3 is 2.28 bits per heavy atom. The molecule has 0 N–H and O–H groups in total. The molecule has 1 heterocycles. The SMILES string of the molecule is C[C@@H]1CN(S(=O)(=O)c2ccc(C(=O)N(C)Cc3ccccc3F)cc2)C[C@H](C)O1. The fourth-order valence-corrected chi connectivity index (χ4v) is 5.01. The van der Waals surface area contributed by atoms with E-state index in [2.05, 4.69) is 0 Å². The van der Waals surface area contributed by atoms with Gasteiger partial charge >= 0.3 is 0 Å². The highest BCUT2D eigenvalue weighted by molar-refractivity contribution is 7.89. The molecule has 156 valence electrons. The number of carbonyl (C=O) groups is 1. The van der Waals surface area contributed by atoms with Gasteiger partial charge in [0.1, 0.15) is 5.82 Å². The van der Waals surface area contributed by atoms with E-state index < -0.39 is 10.0 Å². The molecule has 1 saturated heterocycles. The Morgan fingerprint density at radius 1 is 1.10 bits per heavy atom. The Hall–Kier alpha value is -2.29. The predicted molar refractivity (Wildman–Crippen MR) is 107 cm³/mol. The van der Waals surface area contributed by atoms with E-state index in [-0.39, 0.29) is 35.4 Å². The van der Waals surface area contributed by atoms with Crippen molar-refractivity contribution in [2.75, 3.05) is 20.1 Å². The van der Waals surface area contributed by atoms with Gasteiger partial charge in [-0.3, -0.25) is 4.79 Å². The Labute approximate surface area is 170 Å². The van der Waals surface area contributed by atoms with Crippen LogP contribution in [-0.2, 0) is 21.3 Å². The molecule has 2 atom stereocenters. The highest BCUT2D eigenvalue weighted by atomic mass is 32.2. The Bertz CT molecular complexity index is 968. The molecule has 0 aliphatic carbocycles. The number of amides is 1. The summed E-state index contributed by atoms with van der Waals surface area (Å²) in [5.74, 6) is -0.687. The minimum Gasteiger partial charge on any atom is -0.373 e. The van der Waals surface area contributed by atoms with Crippen molar-refractivity contribution >= 4 is 15.9 Å². The average molecular weight is 421 g/mol. The molecule has 1 fully saturated rings. The van der Waals surface area contributed by atoms with Gasteiger partial charge in [0.25, 0.3) is 5.91 Å². The number of benzene rings is 2. The van der Waals surface area contributed by atoms with Crippen molar-refractivity contribution in [3.05, 3.63) is 65.5 Å². The van der Waals surface area contributed by atoms with Crippen molar-refractivity contribution in [2.24, 2.45) is 0 Å². The zero-order valence-electron chi connectivity index (χ0n) is 16.7. The van der Waals surface area contributed by atoms with E-state index in [4.69, 9.17) is 4.74 Å². The minimum absolute atomic E-state index is 0.120. The van der Waals surface area contributed by atoms with Gasteiger partial charge in [0.15, 0.2) is 0 Å². The van der Waals surface area contributed by atoms with Gasteiger partial charge in [-0.25, -0.2) is 12.8 Å². The smallest absolute Gasteiger partial charge is 0.253 e. The van der Waals surface area contributed by atoms with Crippen LogP contribution in [0.1, 0.15) is 29.8 Å². The number of halogens is 1. The van der Waals surface area contributed by atoms with Gasteiger partial charge in [0, 0.05) is 37.8 Å². The van der Waals surface area contributed by atoms with Crippen molar-refractivity contribution < 1.29 is 22.3 Å². The lowest BCUT2D eigenvalue weighted by Gasteiger charge is -2.34. The molecular formula is C21H25FN2O4S. The first-order chi connectivity index (χ1) is 13.7. The summed E-state index contributed by atoms with van der Waals surface area (Å²) in [6.07, 6.45) is -0.359. The summed E-state index contributed by atoms with van der Waals surface area (Å²) < 4.78 is 46.6. The summed E-state index contributed by atoms with van der Waals surface area (Å²) in [4.78, 5) is 14.2. The van der Waals surface area contributed by atoms with Crippen molar-refractivity contribution in [2.45, 2.75) is 37.5 Å². The van der Waals surface area contributed by atoms with E-state index >= 15 is 0 Å². The Morgan fingerprint density at radius 2 is 1.69 bits per heavy atom. The number of rotatable bonds is 5. The molecule has 0 unspecified atom stereocenters. The van der Waals surface area contributed by atoms with E-state index in [0.29, 0.717) is 24.2 Å². The molecule has 6 nitrogen and oxygen atoms in total. The number of nitrogens with zero attached hydrogens (tertiary/aromatic N) is 2. The topological polar surface area (TPSA) is 66.9 Å². The fraction of sp³-hybridized carbons (Fsp3) is 0.381. The largest absolute Gasteiger partial charge is 0.373 e. The van der Waals surface area contributed by atoms with Crippen LogP contribution in [0.3, 0.4) is 0 Å². The summed E-state index contributed by atoms with van der Waals surface area (Å²) in [5, 5.41) is 0. The third-order valence-electron chi connectivity index (χ3n) is 4.84. The fourth-order valence-electron chi connectivity index (χ4n) is 3.42. The molecule has 0 bridgehead atoms. The molecule has 0 radical (unpaired) electrons. The highest BCUT2D eigenvalue weighted by Gasteiger charge is 2.32. The van der Waals surface area contributed by atoms with Gasteiger partial charge < -0.3 is 9.64 Å². The van der Waals surface area contributed by atoms with Crippen molar-refractivity contribution in [3.8, 4) is 0 Å². The quantitative estimate of drug-likeness (QED) is 0.746. The molecule has 0 saturated carbocycles. The lowest BCUT2D eigenvalue weighted by atomic mass is 10.1. The Kier molecular flexibility index (Phi) is 6.36. The first-order valence-electron chi connectivity index (χ1n) is 9.43. The van der Waals surface area contributed by atoms with Gasteiger partial charge in [0.2, 0.25) is 10.0 Å². The molecule has 2 aromatic rings. The number of ether oxygens (including phenoxy) is 1. The van der Waals surface area contributed by atoms with E-state index in [9.17, 15) is 17.6 Å². The van der Waals surface area contributed by atoms with Crippen LogP contribution < -0.4 is 0 Å². The highest BCUT2D eigenvalue weighted by Crippen LogP contribution is 2.22. The van der Waals surface area contributed by atoms with E-state index in [0.717, 1.165) is 0 Å². The van der Waals surface area contributed by atoms with Crippen molar-refractivity contribution in [1.82, 2.24) is 9.21 Å². The van der Waals surface area contributed by atoms with Gasteiger partial charge in [-0.15, -0.1) is 0 Å². The molecular weight excluding hydrogens is 395 g/mol. The van der Waals surface area contributed by atoms with E-state index in [1.165, 1.54) is 39.5 Å². The maximum atomic E-state index is 13.8. The maximum Gasteiger partial charge on any atom is 0.253 e. The van der Waals surface area contributed by atoms with Gasteiger partial charge in [0.05, 0.1) is 17.1 Å². The third-order valence-corrected chi connectivity index (χ3v) is 6.68. The number of sulfonamides is 1. The normalized spacial score (nSPS) is 20.4. The van der Waals surface area contributed by atoms with E-state index in [1.807, 2.05) is 13.8 Å². The Balaban J connectivity index is 1.73. The molecule has 0 aromatic heterocycles. The molecule has 8 heteroatoms. The lowest BCUT2D eigenvalue weighted by molar-refractivity contribution is -0.0440. The number of morpholine rings is 1. The molecule has 1 aliphatic rings. The first-order valence-corrected chi connectivity index (χ1v) is 10.9. The molecule has 3 rings (SSSR count). The number of hydrogen-bond donors (Lipinski definition) is 0. The van der Waals surface area contributed by atoms with Crippen LogP contribution in [-0.4, -0.2) is 55.9 Å². The zero-order valence-corrected chi connectivity index (χ0v) is 17.5. The zero-order chi connectivity index (χ0) is 21.2. The van der Waals surface area contributed by atoms with Gasteiger partial charge in [-0.2, -0.15) is 4.31 Å². The van der Waals surface area contributed by atoms with Crippen molar-refractivity contribution in [1.29, 1.82) is 0 Å².